The first-order valence-corrected chi connectivity index (χ1v) is 17.8. The van der Waals surface area contributed by atoms with Crippen LogP contribution in [0.2, 0.25) is 0 Å². The van der Waals surface area contributed by atoms with E-state index in [1.807, 2.05) is 30.3 Å². The van der Waals surface area contributed by atoms with Gasteiger partial charge in [0.1, 0.15) is 11.2 Å². The molecule has 2 aromatic heterocycles. The lowest BCUT2D eigenvalue weighted by Gasteiger charge is -2.23. The predicted octanol–water partition coefficient (Wildman–Crippen LogP) is 8.38. The van der Waals surface area contributed by atoms with Crippen LogP contribution in [0.5, 0.6) is 86.2 Å². The molecule has 0 amide bonds. The highest BCUT2D eigenvalue weighted by Gasteiger charge is 2.37. The Kier molecular flexibility index (Phi) is 7.10. The van der Waals surface area contributed by atoms with Crippen LogP contribution in [0, 0.1) is 0 Å². The molecular weight excluding hydrogens is 800 g/mol. The average molecular weight is 827 g/mol. The van der Waals surface area contributed by atoms with Gasteiger partial charge in [0.15, 0.2) is 57.2 Å². The fraction of sp³-hybridized carbons (Fsp3) is 0. The van der Waals surface area contributed by atoms with Gasteiger partial charge in [-0.05, 0) is 41.0 Å². The van der Waals surface area contributed by atoms with Crippen LogP contribution in [0.4, 0.5) is 0 Å². The van der Waals surface area contributed by atoms with Crippen molar-refractivity contribution in [1.29, 1.82) is 0 Å². The summed E-state index contributed by atoms with van der Waals surface area (Å²) in [4.78, 5) is 0. The molecule has 0 saturated carbocycles. The van der Waals surface area contributed by atoms with Gasteiger partial charge < -0.3 is 85.4 Å². The molecule has 0 aliphatic heterocycles. The van der Waals surface area contributed by atoms with Gasteiger partial charge in [-0.1, -0.05) is 42.5 Å². The smallest absolute Gasteiger partial charge is 0.208 e. The van der Waals surface area contributed by atoms with E-state index in [1.54, 1.807) is 24.3 Å². The van der Waals surface area contributed by atoms with Crippen LogP contribution in [0.25, 0.3) is 98.8 Å². The second-order valence-corrected chi connectivity index (χ2v) is 14.3. The molecule has 304 valence electrons. The number of para-hydroxylation sites is 1. The van der Waals surface area contributed by atoms with E-state index in [-0.39, 0.29) is 11.1 Å². The number of benzene rings is 8. The predicted molar refractivity (Wildman–Crippen MR) is 217 cm³/mol. The van der Waals surface area contributed by atoms with Gasteiger partial charge in [-0.3, -0.25) is 0 Å². The first-order chi connectivity index (χ1) is 29.0. The number of hydrogen-bond donors (Lipinski definition) is 15. The van der Waals surface area contributed by atoms with Crippen molar-refractivity contribution in [1.82, 2.24) is 0 Å². The molecule has 61 heavy (non-hydrogen) atoms. The van der Waals surface area contributed by atoms with E-state index in [0.29, 0.717) is 22.3 Å². The maximum absolute atomic E-state index is 11.9. The maximum Gasteiger partial charge on any atom is 0.208 e. The van der Waals surface area contributed by atoms with Gasteiger partial charge in [-0.25, -0.2) is 0 Å². The molecule has 0 aliphatic rings. The second-order valence-electron chi connectivity index (χ2n) is 14.3. The first-order valence-electron chi connectivity index (χ1n) is 17.8. The summed E-state index contributed by atoms with van der Waals surface area (Å²) in [5.74, 6) is -19.2. The SMILES string of the molecule is Oc1c(O)c(O)c2c(oc3c(O)c(-c4c5c(O)c(O)c(O)c(O)c5c(-c5cccc(-c6ccc7oc8ccccc8c7c6)c5)c5c(O)c(O)c(O)c(O)c45)c(O)c(O)c32)c1O. The quantitative estimate of drug-likeness (QED) is 0.0451. The Balaban J connectivity index is 1.38. The summed E-state index contributed by atoms with van der Waals surface area (Å²) in [6.45, 7) is 0. The molecule has 0 saturated heterocycles. The largest absolute Gasteiger partial charge is 0.504 e. The van der Waals surface area contributed by atoms with Gasteiger partial charge in [-0.15, -0.1) is 0 Å². The Morgan fingerprint density at radius 3 is 1.30 bits per heavy atom. The Morgan fingerprint density at radius 1 is 0.262 bits per heavy atom. The van der Waals surface area contributed by atoms with Crippen molar-refractivity contribution in [3.63, 3.8) is 0 Å². The highest BCUT2D eigenvalue weighted by Crippen LogP contribution is 2.66. The lowest BCUT2D eigenvalue weighted by Crippen LogP contribution is -1.96. The molecule has 2 heterocycles. The molecule has 0 atom stereocenters. The number of phenols is 15. The minimum atomic E-state index is -1.38. The lowest BCUT2D eigenvalue weighted by atomic mass is 9.82. The Hall–Kier alpha value is -9.12. The zero-order chi connectivity index (χ0) is 43.2. The third-order valence-electron chi connectivity index (χ3n) is 11.1. The zero-order valence-electron chi connectivity index (χ0n) is 30.4. The van der Waals surface area contributed by atoms with Crippen molar-refractivity contribution < 1.29 is 85.4 Å². The molecule has 17 heteroatoms. The third kappa shape index (κ3) is 4.47. The second kappa shape index (κ2) is 12.0. The first kappa shape index (κ1) is 36.2. The van der Waals surface area contributed by atoms with E-state index < -0.39 is 141 Å². The molecule has 10 rings (SSSR count). The molecule has 0 bridgehead atoms. The molecule has 10 aromatic rings. The number of fused-ring (bicyclic) bond motifs is 8. The molecule has 0 spiro atoms. The van der Waals surface area contributed by atoms with Crippen LogP contribution < -0.4 is 0 Å². The fourth-order valence-electron chi connectivity index (χ4n) is 8.28. The van der Waals surface area contributed by atoms with Crippen LogP contribution in [0.1, 0.15) is 0 Å². The topological polar surface area (TPSA) is 330 Å². The summed E-state index contributed by atoms with van der Waals surface area (Å²) in [5, 5.41) is 165. The van der Waals surface area contributed by atoms with Gasteiger partial charge in [-0.2, -0.15) is 0 Å². The highest BCUT2D eigenvalue weighted by atomic mass is 16.4. The van der Waals surface area contributed by atoms with Gasteiger partial charge in [0.05, 0.1) is 16.3 Å². The fourth-order valence-corrected chi connectivity index (χ4v) is 8.28. The monoisotopic (exact) mass is 826 g/mol. The normalized spacial score (nSPS) is 11.9. The van der Waals surface area contributed by atoms with E-state index in [1.165, 1.54) is 12.1 Å². The average Bonchev–Trinajstić information content (AvgIpc) is 3.86. The minimum Gasteiger partial charge on any atom is -0.504 e. The van der Waals surface area contributed by atoms with Gasteiger partial charge in [0.2, 0.25) is 40.2 Å². The highest BCUT2D eigenvalue weighted by molar-refractivity contribution is 6.31. The Bertz CT molecular complexity index is 3570. The van der Waals surface area contributed by atoms with Crippen LogP contribution in [-0.4, -0.2) is 76.6 Å². The van der Waals surface area contributed by atoms with Crippen molar-refractivity contribution in [2.45, 2.75) is 0 Å². The van der Waals surface area contributed by atoms with E-state index >= 15 is 0 Å². The minimum absolute atomic E-state index is 0.0328. The molecule has 17 nitrogen and oxygen atoms in total. The van der Waals surface area contributed by atoms with Crippen molar-refractivity contribution in [3.05, 3.63) is 66.7 Å². The molecule has 0 unspecified atom stereocenters. The van der Waals surface area contributed by atoms with Crippen LogP contribution in [0.3, 0.4) is 0 Å². The number of furan rings is 2. The van der Waals surface area contributed by atoms with Crippen LogP contribution >= 0.6 is 0 Å². The van der Waals surface area contributed by atoms with E-state index in [4.69, 9.17) is 8.83 Å². The van der Waals surface area contributed by atoms with E-state index in [9.17, 15) is 76.6 Å². The van der Waals surface area contributed by atoms with Crippen LogP contribution in [-0.2, 0) is 0 Å². The molecule has 0 fully saturated rings. The molecular formula is C44H26O17. The summed E-state index contributed by atoms with van der Waals surface area (Å²) in [5.41, 5.74) is -1.69. The molecule has 0 radical (unpaired) electrons. The third-order valence-corrected chi connectivity index (χ3v) is 11.1. The summed E-state index contributed by atoms with van der Waals surface area (Å²) < 4.78 is 11.5. The van der Waals surface area contributed by atoms with Crippen molar-refractivity contribution in [2.75, 3.05) is 0 Å². The molecule has 0 aliphatic carbocycles. The number of phenolic OH excluding ortho intramolecular Hbond substituents is 15. The number of hydrogen-bond acceptors (Lipinski definition) is 17. The van der Waals surface area contributed by atoms with Crippen molar-refractivity contribution in [3.8, 4) is 120 Å². The lowest BCUT2D eigenvalue weighted by molar-refractivity contribution is 0.348. The molecule has 15 N–H and O–H groups in total. The van der Waals surface area contributed by atoms with Crippen molar-refractivity contribution >= 4 is 65.4 Å². The Labute approximate surface area is 336 Å². The van der Waals surface area contributed by atoms with Gasteiger partial charge >= 0.3 is 0 Å². The van der Waals surface area contributed by atoms with Gasteiger partial charge in [0, 0.05) is 43.4 Å². The summed E-state index contributed by atoms with van der Waals surface area (Å²) in [6, 6.07) is 18.9. The summed E-state index contributed by atoms with van der Waals surface area (Å²) in [6.07, 6.45) is 0. The van der Waals surface area contributed by atoms with Crippen molar-refractivity contribution in [2.24, 2.45) is 0 Å². The summed E-state index contributed by atoms with van der Waals surface area (Å²) in [7, 11) is 0. The summed E-state index contributed by atoms with van der Waals surface area (Å²) >= 11 is 0. The van der Waals surface area contributed by atoms with E-state index in [0.717, 1.165) is 10.8 Å². The number of aromatic hydroxyl groups is 15. The Morgan fingerprint density at radius 2 is 0.705 bits per heavy atom. The van der Waals surface area contributed by atoms with E-state index in [2.05, 4.69) is 0 Å². The molecule has 8 aromatic carbocycles. The number of rotatable bonds is 3. The standard InChI is InChI=1S/C44H26O17/c45-28-21-19(14-5-3-4-12(10-14)13-8-9-18-16(11-13)15-6-1-2-7-17(15)60-18)22-24(31(48)39(56)37(54)29(22)46)20(23(21)30(47)38(55)36(28)53)25-32(49)33(50)26-27-34(51)40(57)41(58)42(59)44(27)61-43(26)35(25)52/h1-11,45-59H. The zero-order valence-corrected chi connectivity index (χ0v) is 30.4. The maximum atomic E-state index is 11.9. The van der Waals surface area contributed by atoms with Crippen LogP contribution in [0.15, 0.2) is 75.6 Å². The van der Waals surface area contributed by atoms with Gasteiger partial charge in [0.25, 0.3) is 0 Å².